The molecule has 1 aliphatic heterocycles. The Morgan fingerprint density at radius 1 is 1.46 bits per heavy atom. The van der Waals surface area contributed by atoms with Crippen LogP contribution in [0.4, 0.5) is 5.69 Å². The molecule has 1 fully saturated rings. The molecule has 1 N–H and O–H groups in total. The summed E-state index contributed by atoms with van der Waals surface area (Å²) in [6, 6.07) is 6.46. The van der Waals surface area contributed by atoms with Crippen molar-refractivity contribution < 1.29 is 0 Å². The van der Waals surface area contributed by atoms with Crippen LogP contribution in [0.5, 0.6) is 0 Å². The molecule has 1 aromatic carbocycles. The molecule has 1 nitrogen and oxygen atoms in total. The van der Waals surface area contributed by atoms with Crippen LogP contribution in [0, 0.1) is 0 Å². The van der Waals surface area contributed by atoms with Gasteiger partial charge in [0.05, 0.1) is 10.7 Å². The molecule has 0 unspecified atom stereocenters. The molecule has 0 spiro atoms. The van der Waals surface area contributed by atoms with Gasteiger partial charge in [0.2, 0.25) is 0 Å². The Kier molecular flexibility index (Phi) is 3.06. The predicted molar refractivity (Wildman–Crippen MR) is 63.9 cm³/mol. The van der Waals surface area contributed by atoms with Crippen LogP contribution in [0.1, 0.15) is 0 Å². The molecule has 0 saturated carbocycles. The third-order valence-electron chi connectivity index (χ3n) is 1.93. The second kappa shape index (κ2) is 4.11. The molecule has 0 aliphatic carbocycles. The maximum Gasteiger partial charge on any atom is 0.0638 e. The first-order valence-corrected chi connectivity index (χ1v) is 6.37. The smallest absolute Gasteiger partial charge is 0.0638 e. The van der Waals surface area contributed by atoms with E-state index >= 15 is 0 Å². The van der Waals surface area contributed by atoms with Crippen molar-refractivity contribution in [2.24, 2.45) is 0 Å². The van der Waals surface area contributed by atoms with Gasteiger partial charge in [0, 0.05) is 22.0 Å². The Morgan fingerprint density at radius 2 is 2.23 bits per heavy atom. The SMILES string of the molecule is Clc1ccc(Br)cc1NC1CSC1. The maximum atomic E-state index is 6.03. The number of rotatable bonds is 2. The largest absolute Gasteiger partial charge is 0.379 e. The van der Waals surface area contributed by atoms with Crippen LogP contribution in [0.2, 0.25) is 5.02 Å². The van der Waals surface area contributed by atoms with Gasteiger partial charge in [-0.2, -0.15) is 11.8 Å². The van der Waals surface area contributed by atoms with E-state index in [1.165, 1.54) is 11.5 Å². The van der Waals surface area contributed by atoms with Crippen molar-refractivity contribution >= 4 is 45.0 Å². The average molecular weight is 279 g/mol. The highest BCUT2D eigenvalue weighted by molar-refractivity contribution is 9.10. The third-order valence-corrected chi connectivity index (χ3v) is 4.03. The molecule has 70 valence electrons. The summed E-state index contributed by atoms with van der Waals surface area (Å²) in [6.45, 7) is 0. The summed E-state index contributed by atoms with van der Waals surface area (Å²) in [5.74, 6) is 2.37. The number of hydrogen-bond acceptors (Lipinski definition) is 2. The number of benzene rings is 1. The summed E-state index contributed by atoms with van der Waals surface area (Å²) in [5.41, 5.74) is 1.03. The molecule has 0 radical (unpaired) electrons. The third kappa shape index (κ3) is 2.33. The lowest BCUT2D eigenvalue weighted by Crippen LogP contribution is -2.33. The zero-order valence-electron chi connectivity index (χ0n) is 6.89. The molecule has 0 amide bonds. The van der Waals surface area contributed by atoms with Crippen LogP contribution in [-0.2, 0) is 0 Å². The van der Waals surface area contributed by atoms with E-state index in [0.717, 1.165) is 15.2 Å². The van der Waals surface area contributed by atoms with Crippen LogP contribution < -0.4 is 5.32 Å². The van der Waals surface area contributed by atoms with Gasteiger partial charge in [-0.15, -0.1) is 0 Å². The van der Waals surface area contributed by atoms with Crippen LogP contribution in [-0.4, -0.2) is 17.5 Å². The molecule has 1 saturated heterocycles. The molecular formula is C9H9BrClNS. The quantitative estimate of drug-likeness (QED) is 0.886. The predicted octanol–water partition coefficient (Wildman–Crippen LogP) is 3.63. The topological polar surface area (TPSA) is 12.0 Å². The van der Waals surface area contributed by atoms with Crippen molar-refractivity contribution in [2.75, 3.05) is 16.8 Å². The normalized spacial score (nSPS) is 16.8. The van der Waals surface area contributed by atoms with E-state index in [0.29, 0.717) is 6.04 Å². The van der Waals surface area contributed by atoms with Crippen molar-refractivity contribution in [1.29, 1.82) is 0 Å². The fourth-order valence-electron chi connectivity index (χ4n) is 1.15. The fraction of sp³-hybridized carbons (Fsp3) is 0.333. The summed E-state index contributed by atoms with van der Waals surface area (Å²) in [6.07, 6.45) is 0. The van der Waals surface area contributed by atoms with E-state index in [2.05, 4.69) is 21.2 Å². The van der Waals surface area contributed by atoms with Gasteiger partial charge in [-0.3, -0.25) is 0 Å². The van der Waals surface area contributed by atoms with Crippen LogP contribution in [0.15, 0.2) is 22.7 Å². The van der Waals surface area contributed by atoms with Crippen molar-refractivity contribution in [1.82, 2.24) is 0 Å². The van der Waals surface area contributed by atoms with Gasteiger partial charge >= 0.3 is 0 Å². The average Bonchev–Trinajstić information content (AvgIpc) is 2.03. The first kappa shape index (κ1) is 9.69. The van der Waals surface area contributed by atoms with E-state index in [-0.39, 0.29) is 0 Å². The standard InChI is InChI=1S/C9H9BrClNS/c10-6-1-2-8(11)9(3-6)12-7-4-13-5-7/h1-3,7,12H,4-5H2. The van der Waals surface area contributed by atoms with Crippen molar-refractivity contribution in [3.05, 3.63) is 27.7 Å². The Labute approximate surface area is 95.4 Å². The Morgan fingerprint density at radius 3 is 2.85 bits per heavy atom. The van der Waals surface area contributed by atoms with Gasteiger partial charge in [0.25, 0.3) is 0 Å². The van der Waals surface area contributed by atoms with Crippen molar-refractivity contribution in [3.8, 4) is 0 Å². The number of anilines is 1. The summed E-state index contributed by atoms with van der Waals surface area (Å²) >= 11 is 11.4. The number of nitrogens with one attached hydrogen (secondary N) is 1. The number of thioether (sulfide) groups is 1. The molecule has 1 heterocycles. The summed E-state index contributed by atoms with van der Waals surface area (Å²) < 4.78 is 1.06. The van der Waals surface area contributed by atoms with Gasteiger partial charge in [0.1, 0.15) is 0 Å². The Bertz CT molecular complexity index is 314. The lowest BCUT2D eigenvalue weighted by atomic mass is 10.3. The number of halogens is 2. The zero-order valence-corrected chi connectivity index (χ0v) is 10.0. The first-order chi connectivity index (χ1) is 6.25. The van der Waals surface area contributed by atoms with Gasteiger partial charge < -0.3 is 5.32 Å². The molecule has 0 aromatic heterocycles. The lowest BCUT2D eigenvalue weighted by Gasteiger charge is -2.27. The molecule has 1 aliphatic rings. The molecule has 0 bridgehead atoms. The van der Waals surface area contributed by atoms with Gasteiger partial charge in [-0.25, -0.2) is 0 Å². The van der Waals surface area contributed by atoms with Gasteiger partial charge in [0.15, 0.2) is 0 Å². The summed E-state index contributed by atoms with van der Waals surface area (Å²) in [7, 11) is 0. The first-order valence-electron chi connectivity index (χ1n) is 4.05. The highest BCUT2D eigenvalue weighted by Gasteiger charge is 2.18. The maximum absolute atomic E-state index is 6.03. The van der Waals surface area contributed by atoms with Crippen molar-refractivity contribution in [3.63, 3.8) is 0 Å². The monoisotopic (exact) mass is 277 g/mol. The molecule has 1 aromatic rings. The minimum absolute atomic E-state index is 0.594. The van der Waals surface area contributed by atoms with E-state index in [9.17, 15) is 0 Å². The molecular weight excluding hydrogens is 270 g/mol. The van der Waals surface area contributed by atoms with Crippen LogP contribution in [0.25, 0.3) is 0 Å². The summed E-state index contributed by atoms with van der Waals surface area (Å²) in [4.78, 5) is 0. The van der Waals surface area contributed by atoms with Crippen LogP contribution in [0.3, 0.4) is 0 Å². The molecule has 0 atom stereocenters. The minimum atomic E-state index is 0.594. The van der Waals surface area contributed by atoms with E-state index in [1.807, 2.05) is 30.0 Å². The van der Waals surface area contributed by atoms with E-state index in [1.54, 1.807) is 0 Å². The Balaban J connectivity index is 2.13. The van der Waals surface area contributed by atoms with Crippen molar-refractivity contribution in [2.45, 2.75) is 6.04 Å². The summed E-state index contributed by atoms with van der Waals surface area (Å²) in [5, 5.41) is 4.20. The van der Waals surface area contributed by atoms with Crippen LogP contribution >= 0.6 is 39.3 Å². The molecule has 2 rings (SSSR count). The highest BCUT2D eigenvalue weighted by atomic mass is 79.9. The molecule has 4 heteroatoms. The fourth-order valence-corrected chi connectivity index (χ4v) is 2.32. The second-order valence-electron chi connectivity index (χ2n) is 3.00. The van der Waals surface area contributed by atoms with E-state index in [4.69, 9.17) is 11.6 Å². The highest BCUT2D eigenvalue weighted by Crippen LogP contribution is 2.29. The van der Waals surface area contributed by atoms with Gasteiger partial charge in [-0.1, -0.05) is 27.5 Å². The second-order valence-corrected chi connectivity index (χ2v) is 5.40. The zero-order chi connectivity index (χ0) is 9.26. The molecule has 13 heavy (non-hydrogen) atoms. The van der Waals surface area contributed by atoms with E-state index < -0.39 is 0 Å². The van der Waals surface area contributed by atoms with Gasteiger partial charge in [-0.05, 0) is 18.2 Å². The lowest BCUT2D eigenvalue weighted by molar-refractivity contribution is 0.882. The minimum Gasteiger partial charge on any atom is -0.379 e. The Hall–Kier alpha value is 0.140. The number of hydrogen-bond donors (Lipinski definition) is 1.